The summed E-state index contributed by atoms with van der Waals surface area (Å²) >= 11 is 0. The van der Waals surface area contributed by atoms with Crippen molar-refractivity contribution in [1.82, 2.24) is 20.2 Å². The van der Waals surface area contributed by atoms with E-state index in [1.54, 1.807) is 12.4 Å². The molecule has 0 radical (unpaired) electrons. The lowest BCUT2D eigenvalue weighted by atomic mass is 10.0. The molecule has 1 atom stereocenters. The fourth-order valence-corrected chi connectivity index (χ4v) is 1.97. The summed E-state index contributed by atoms with van der Waals surface area (Å²) in [6.07, 6.45) is 5.41. The van der Waals surface area contributed by atoms with Crippen LogP contribution < -0.4 is 11.3 Å². The van der Waals surface area contributed by atoms with Gasteiger partial charge in [-0.15, -0.1) is 0 Å². The van der Waals surface area contributed by atoms with Gasteiger partial charge in [0.1, 0.15) is 0 Å². The van der Waals surface area contributed by atoms with Gasteiger partial charge in [-0.2, -0.15) is 5.10 Å². The van der Waals surface area contributed by atoms with Crippen LogP contribution in [0.3, 0.4) is 0 Å². The number of aromatic nitrogens is 3. The van der Waals surface area contributed by atoms with Crippen molar-refractivity contribution in [3.63, 3.8) is 0 Å². The predicted octanol–water partition coefficient (Wildman–Crippen LogP) is 1.16. The summed E-state index contributed by atoms with van der Waals surface area (Å²) in [5.41, 5.74) is 6.12. The van der Waals surface area contributed by atoms with E-state index >= 15 is 0 Å². The Labute approximate surface area is 101 Å². The molecule has 0 saturated heterocycles. The van der Waals surface area contributed by atoms with Crippen LogP contribution in [0.15, 0.2) is 30.7 Å². The zero-order valence-corrected chi connectivity index (χ0v) is 10.1. The molecule has 0 aromatic carbocycles. The SMILES string of the molecule is CCn1nccc1C(NN)c1cnccc1C. The summed E-state index contributed by atoms with van der Waals surface area (Å²) in [5.74, 6) is 5.67. The Morgan fingerprint density at radius 1 is 1.41 bits per heavy atom. The van der Waals surface area contributed by atoms with Gasteiger partial charge < -0.3 is 0 Å². The molecule has 2 aromatic rings. The van der Waals surface area contributed by atoms with Crippen molar-refractivity contribution in [2.45, 2.75) is 26.4 Å². The summed E-state index contributed by atoms with van der Waals surface area (Å²) < 4.78 is 1.93. The van der Waals surface area contributed by atoms with Gasteiger partial charge in [0.2, 0.25) is 0 Å². The van der Waals surface area contributed by atoms with E-state index < -0.39 is 0 Å². The minimum absolute atomic E-state index is 0.0776. The van der Waals surface area contributed by atoms with E-state index in [1.165, 1.54) is 0 Å². The summed E-state index contributed by atoms with van der Waals surface area (Å²) in [6.45, 7) is 4.92. The van der Waals surface area contributed by atoms with Crippen LogP contribution in [0.25, 0.3) is 0 Å². The molecular weight excluding hydrogens is 214 g/mol. The second-order valence-electron chi connectivity index (χ2n) is 3.90. The molecule has 2 aromatic heterocycles. The second kappa shape index (κ2) is 5.07. The van der Waals surface area contributed by atoms with Gasteiger partial charge in [0.15, 0.2) is 0 Å². The highest BCUT2D eigenvalue weighted by atomic mass is 15.3. The summed E-state index contributed by atoms with van der Waals surface area (Å²) in [5, 5.41) is 4.26. The van der Waals surface area contributed by atoms with Crippen LogP contribution in [0.1, 0.15) is 29.8 Å². The molecule has 5 nitrogen and oxygen atoms in total. The molecule has 1 unspecified atom stereocenters. The summed E-state index contributed by atoms with van der Waals surface area (Å²) in [4.78, 5) is 4.15. The van der Waals surface area contributed by atoms with Crippen molar-refractivity contribution in [3.05, 3.63) is 47.5 Å². The van der Waals surface area contributed by atoms with Crippen molar-refractivity contribution in [1.29, 1.82) is 0 Å². The Kier molecular flexibility index (Phi) is 3.51. The third-order valence-corrected chi connectivity index (χ3v) is 2.90. The maximum Gasteiger partial charge on any atom is 0.0895 e. The van der Waals surface area contributed by atoms with E-state index in [2.05, 4.69) is 22.4 Å². The molecule has 0 saturated carbocycles. The lowest BCUT2D eigenvalue weighted by Crippen LogP contribution is -2.31. The molecular formula is C12H17N5. The van der Waals surface area contributed by atoms with Gasteiger partial charge in [0.25, 0.3) is 0 Å². The predicted molar refractivity (Wildman–Crippen MR) is 66.0 cm³/mol. The molecule has 0 bridgehead atoms. The Hall–Kier alpha value is -1.72. The summed E-state index contributed by atoms with van der Waals surface area (Å²) in [6, 6.07) is 3.87. The summed E-state index contributed by atoms with van der Waals surface area (Å²) in [7, 11) is 0. The number of hydrogen-bond donors (Lipinski definition) is 2. The van der Waals surface area contributed by atoms with Crippen molar-refractivity contribution >= 4 is 0 Å². The smallest absolute Gasteiger partial charge is 0.0895 e. The molecule has 0 aliphatic carbocycles. The zero-order valence-electron chi connectivity index (χ0n) is 10.1. The van der Waals surface area contributed by atoms with E-state index in [0.29, 0.717) is 0 Å². The average Bonchev–Trinajstić information content (AvgIpc) is 2.81. The minimum Gasteiger partial charge on any atom is -0.271 e. The normalized spacial score (nSPS) is 12.6. The van der Waals surface area contributed by atoms with Crippen molar-refractivity contribution in [2.75, 3.05) is 0 Å². The highest BCUT2D eigenvalue weighted by Gasteiger charge is 2.18. The minimum atomic E-state index is -0.0776. The lowest BCUT2D eigenvalue weighted by molar-refractivity contribution is 0.541. The van der Waals surface area contributed by atoms with Crippen LogP contribution >= 0.6 is 0 Å². The van der Waals surface area contributed by atoms with E-state index in [-0.39, 0.29) is 6.04 Å². The maximum atomic E-state index is 5.67. The first-order valence-corrected chi connectivity index (χ1v) is 5.66. The van der Waals surface area contributed by atoms with Gasteiger partial charge in [-0.1, -0.05) is 0 Å². The Balaban J connectivity index is 2.44. The molecule has 2 heterocycles. The molecule has 0 aliphatic heterocycles. The monoisotopic (exact) mass is 231 g/mol. The third-order valence-electron chi connectivity index (χ3n) is 2.90. The number of nitrogens with one attached hydrogen (secondary N) is 1. The molecule has 3 N–H and O–H groups in total. The second-order valence-corrected chi connectivity index (χ2v) is 3.90. The molecule has 5 heteroatoms. The molecule has 17 heavy (non-hydrogen) atoms. The van der Waals surface area contributed by atoms with Gasteiger partial charge in [-0.25, -0.2) is 5.43 Å². The van der Waals surface area contributed by atoms with Gasteiger partial charge in [-0.3, -0.25) is 15.5 Å². The van der Waals surface area contributed by atoms with Gasteiger partial charge in [-0.05, 0) is 37.1 Å². The van der Waals surface area contributed by atoms with Crippen LogP contribution in [0.2, 0.25) is 0 Å². The first kappa shape index (κ1) is 11.8. The third kappa shape index (κ3) is 2.20. The standard InChI is InChI=1S/C12H17N5/c1-3-17-11(5-7-15-17)12(16-13)10-8-14-6-4-9(10)2/h4-8,12,16H,3,13H2,1-2H3. The fraction of sp³-hybridized carbons (Fsp3) is 0.333. The molecule has 0 spiro atoms. The molecule has 0 amide bonds. The van der Waals surface area contributed by atoms with E-state index in [1.807, 2.05) is 29.9 Å². The van der Waals surface area contributed by atoms with Crippen molar-refractivity contribution < 1.29 is 0 Å². The number of pyridine rings is 1. The van der Waals surface area contributed by atoms with Gasteiger partial charge >= 0.3 is 0 Å². The Morgan fingerprint density at radius 2 is 2.24 bits per heavy atom. The maximum absolute atomic E-state index is 5.67. The Morgan fingerprint density at radius 3 is 2.88 bits per heavy atom. The van der Waals surface area contributed by atoms with Gasteiger partial charge in [0.05, 0.1) is 11.7 Å². The molecule has 0 aliphatic rings. The molecule has 90 valence electrons. The zero-order chi connectivity index (χ0) is 12.3. The highest BCUT2D eigenvalue weighted by molar-refractivity contribution is 5.31. The van der Waals surface area contributed by atoms with Crippen LogP contribution in [0, 0.1) is 6.92 Å². The molecule has 2 rings (SSSR count). The van der Waals surface area contributed by atoms with Crippen LogP contribution in [0.5, 0.6) is 0 Å². The lowest BCUT2D eigenvalue weighted by Gasteiger charge is -2.19. The fourth-order valence-electron chi connectivity index (χ4n) is 1.97. The van der Waals surface area contributed by atoms with Gasteiger partial charge in [0, 0.05) is 25.1 Å². The van der Waals surface area contributed by atoms with E-state index in [9.17, 15) is 0 Å². The van der Waals surface area contributed by atoms with Crippen LogP contribution in [-0.4, -0.2) is 14.8 Å². The van der Waals surface area contributed by atoms with E-state index in [4.69, 9.17) is 5.84 Å². The topological polar surface area (TPSA) is 68.8 Å². The largest absolute Gasteiger partial charge is 0.271 e. The number of hydrazine groups is 1. The average molecular weight is 231 g/mol. The number of aryl methyl sites for hydroxylation is 2. The number of hydrogen-bond acceptors (Lipinski definition) is 4. The van der Waals surface area contributed by atoms with Crippen molar-refractivity contribution in [3.8, 4) is 0 Å². The van der Waals surface area contributed by atoms with Crippen LogP contribution in [0.4, 0.5) is 0 Å². The van der Waals surface area contributed by atoms with E-state index in [0.717, 1.165) is 23.4 Å². The Bertz CT molecular complexity index is 491. The number of nitrogens with two attached hydrogens (primary N) is 1. The van der Waals surface area contributed by atoms with Crippen molar-refractivity contribution in [2.24, 2.45) is 5.84 Å². The highest BCUT2D eigenvalue weighted by Crippen LogP contribution is 2.22. The number of nitrogens with zero attached hydrogens (tertiary/aromatic N) is 3. The molecule has 0 fully saturated rings. The number of rotatable bonds is 4. The first-order valence-electron chi connectivity index (χ1n) is 5.66. The quantitative estimate of drug-likeness (QED) is 0.612. The first-order chi connectivity index (χ1) is 8.27. The van der Waals surface area contributed by atoms with Crippen LogP contribution in [-0.2, 0) is 6.54 Å².